The van der Waals surface area contributed by atoms with E-state index in [1.807, 2.05) is 121 Å². The fourth-order valence-corrected chi connectivity index (χ4v) is 7.30. The molecular formula is C44H40O6S. The number of thioether (sulfide) groups is 1. The van der Waals surface area contributed by atoms with Gasteiger partial charge in [-0.15, -0.1) is 0 Å². The lowest BCUT2D eigenvalue weighted by molar-refractivity contribution is -0.242. The summed E-state index contributed by atoms with van der Waals surface area (Å²) in [6, 6.07) is 53.6. The Morgan fingerprint density at radius 3 is 1.82 bits per heavy atom. The quantitative estimate of drug-likeness (QED) is 0.105. The highest BCUT2D eigenvalue weighted by atomic mass is 32.2. The summed E-state index contributed by atoms with van der Waals surface area (Å²) in [5, 5.41) is 2.28. The van der Waals surface area contributed by atoms with Crippen LogP contribution in [0.25, 0.3) is 10.8 Å². The number of hydrogen-bond donors (Lipinski definition) is 0. The van der Waals surface area contributed by atoms with Crippen molar-refractivity contribution in [3.8, 4) is 0 Å². The Hall–Kier alpha value is -4.76. The molecule has 1 aliphatic heterocycles. The average molecular weight is 697 g/mol. The maximum Gasteiger partial charge on any atom is 0.338 e. The molecule has 6 aromatic rings. The Labute approximate surface area is 303 Å². The Balaban J connectivity index is 1.23. The summed E-state index contributed by atoms with van der Waals surface area (Å²) in [4.78, 5) is 14.7. The van der Waals surface area contributed by atoms with E-state index in [0.717, 1.165) is 32.4 Å². The van der Waals surface area contributed by atoms with Crippen molar-refractivity contribution in [1.29, 1.82) is 0 Å². The van der Waals surface area contributed by atoms with Crippen molar-refractivity contribution in [3.05, 3.63) is 186 Å². The maximum atomic E-state index is 13.8. The van der Waals surface area contributed by atoms with Crippen LogP contribution in [0.1, 0.15) is 27.0 Å². The van der Waals surface area contributed by atoms with E-state index >= 15 is 0 Å². The molecule has 0 bridgehead atoms. The number of benzene rings is 6. The van der Waals surface area contributed by atoms with Crippen LogP contribution < -0.4 is 0 Å². The van der Waals surface area contributed by atoms with Crippen LogP contribution in [0.3, 0.4) is 0 Å². The highest BCUT2D eigenvalue weighted by Crippen LogP contribution is 2.38. The predicted octanol–water partition coefficient (Wildman–Crippen LogP) is 9.27. The normalized spacial score (nSPS) is 20.2. The largest absolute Gasteiger partial charge is 0.452 e. The number of carbonyl (C=O) groups excluding carboxylic acids is 1. The number of ether oxygens (including phenoxy) is 5. The maximum absolute atomic E-state index is 13.8. The van der Waals surface area contributed by atoms with E-state index in [1.54, 1.807) is 12.1 Å². The second-order valence-corrected chi connectivity index (χ2v) is 13.6. The third-order valence-electron chi connectivity index (χ3n) is 8.77. The predicted molar refractivity (Wildman–Crippen MR) is 200 cm³/mol. The summed E-state index contributed by atoms with van der Waals surface area (Å²) in [6.45, 7) is 1.25. The molecule has 0 radical (unpaired) electrons. The summed E-state index contributed by atoms with van der Waals surface area (Å²) in [6.07, 6.45) is -2.70. The lowest BCUT2D eigenvalue weighted by Crippen LogP contribution is -2.60. The molecule has 0 aliphatic carbocycles. The molecular weight excluding hydrogens is 657 g/mol. The van der Waals surface area contributed by atoms with E-state index in [4.69, 9.17) is 23.7 Å². The van der Waals surface area contributed by atoms with E-state index < -0.39 is 35.8 Å². The Kier molecular flexibility index (Phi) is 11.9. The first kappa shape index (κ1) is 34.7. The minimum Gasteiger partial charge on any atom is -0.452 e. The average Bonchev–Trinajstić information content (AvgIpc) is 3.19. The van der Waals surface area contributed by atoms with Gasteiger partial charge in [-0.2, -0.15) is 0 Å². The zero-order valence-corrected chi connectivity index (χ0v) is 29.0. The molecule has 51 heavy (non-hydrogen) atoms. The molecule has 7 rings (SSSR count). The van der Waals surface area contributed by atoms with Crippen LogP contribution in [0, 0.1) is 0 Å². The Morgan fingerprint density at radius 2 is 1.12 bits per heavy atom. The van der Waals surface area contributed by atoms with Crippen LogP contribution >= 0.6 is 11.8 Å². The minimum atomic E-state index is -0.825. The third-order valence-corrected chi connectivity index (χ3v) is 9.93. The minimum absolute atomic E-state index is 0.245. The van der Waals surface area contributed by atoms with Crippen LogP contribution in [0.15, 0.2) is 169 Å². The van der Waals surface area contributed by atoms with Crippen molar-refractivity contribution in [2.24, 2.45) is 0 Å². The zero-order valence-electron chi connectivity index (χ0n) is 28.2. The summed E-state index contributed by atoms with van der Waals surface area (Å²) in [5.74, 6) is -0.456. The molecule has 0 N–H and O–H groups in total. The summed E-state index contributed by atoms with van der Waals surface area (Å²) in [5.41, 5.74) is 2.89. The van der Waals surface area contributed by atoms with Crippen molar-refractivity contribution in [2.75, 3.05) is 6.61 Å². The molecule has 0 amide bonds. The van der Waals surface area contributed by atoms with Crippen LogP contribution in [0.4, 0.5) is 0 Å². The molecule has 6 aromatic carbocycles. The van der Waals surface area contributed by atoms with Crippen molar-refractivity contribution >= 4 is 28.5 Å². The van der Waals surface area contributed by atoms with Gasteiger partial charge in [-0.1, -0.05) is 145 Å². The van der Waals surface area contributed by atoms with Gasteiger partial charge in [0, 0.05) is 4.90 Å². The van der Waals surface area contributed by atoms with Gasteiger partial charge in [0.15, 0.2) is 6.10 Å². The molecule has 258 valence electrons. The molecule has 1 aliphatic rings. The van der Waals surface area contributed by atoms with Gasteiger partial charge in [-0.3, -0.25) is 0 Å². The molecule has 1 saturated heterocycles. The first-order valence-electron chi connectivity index (χ1n) is 17.2. The molecule has 0 spiro atoms. The van der Waals surface area contributed by atoms with Crippen molar-refractivity contribution in [3.63, 3.8) is 0 Å². The molecule has 5 unspecified atom stereocenters. The van der Waals surface area contributed by atoms with Crippen LogP contribution in [-0.4, -0.2) is 42.4 Å². The molecule has 5 atom stereocenters. The second kappa shape index (κ2) is 17.4. The Bertz CT molecular complexity index is 1960. The SMILES string of the molecule is O=C(OC1C(Sc2ccccc2)OC(COCc2ccccc2)C(OCc2ccccc2)C1OCc1ccc2ccccc2c1)c1ccccc1. The standard InChI is InChI=1S/C44H40O6S/c45-43(36-20-9-3-10-21-36)50-42-41(48-30-34-25-26-35-19-13-14-22-37(35)27-34)40(47-29-33-17-7-2-8-18-33)39(31-46-28-32-15-5-1-6-16-32)49-44(42)51-38-23-11-4-12-24-38/h1-27,39-42,44H,28-31H2. The van der Waals surface area contributed by atoms with Crippen molar-refractivity contribution in [1.82, 2.24) is 0 Å². The second-order valence-electron chi connectivity index (χ2n) is 12.4. The summed E-state index contributed by atoms with van der Waals surface area (Å²) in [7, 11) is 0. The van der Waals surface area contributed by atoms with E-state index in [9.17, 15) is 4.79 Å². The van der Waals surface area contributed by atoms with Gasteiger partial charge < -0.3 is 23.7 Å². The zero-order chi connectivity index (χ0) is 34.7. The van der Waals surface area contributed by atoms with E-state index in [1.165, 1.54) is 11.8 Å². The number of fused-ring (bicyclic) bond motifs is 1. The lowest BCUT2D eigenvalue weighted by atomic mass is 9.98. The van der Waals surface area contributed by atoms with Gasteiger partial charge in [0.25, 0.3) is 0 Å². The molecule has 7 heteroatoms. The highest BCUT2D eigenvalue weighted by molar-refractivity contribution is 7.99. The van der Waals surface area contributed by atoms with Gasteiger partial charge in [0.1, 0.15) is 23.7 Å². The van der Waals surface area contributed by atoms with E-state index in [2.05, 4.69) is 30.3 Å². The topological polar surface area (TPSA) is 63.2 Å². The van der Waals surface area contributed by atoms with Crippen molar-refractivity contribution in [2.45, 2.75) is 54.6 Å². The number of carbonyl (C=O) groups is 1. The number of esters is 1. The highest BCUT2D eigenvalue weighted by Gasteiger charge is 2.50. The number of rotatable bonds is 14. The number of hydrogen-bond acceptors (Lipinski definition) is 7. The third kappa shape index (κ3) is 9.33. The van der Waals surface area contributed by atoms with E-state index in [-0.39, 0.29) is 13.2 Å². The van der Waals surface area contributed by atoms with Gasteiger partial charge >= 0.3 is 5.97 Å². The molecule has 6 nitrogen and oxygen atoms in total. The van der Waals surface area contributed by atoms with Gasteiger partial charge in [0.05, 0.1) is 32.0 Å². The van der Waals surface area contributed by atoms with Crippen molar-refractivity contribution < 1.29 is 28.5 Å². The van der Waals surface area contributed by atoms with Crippen LogP contribution in [-0.2, 0) is 43.5 Å². The van der Waals surface area contributed by atoms with Crippen LogP contribution in [0.2, 0.25) is 0 Å². The summed E-state index contributed by atoms with van der Waals surface area (Å²) >= 11 is 1.50. The van der Waals surface area contributed by atoms with Gasteiger partial charge in [-0.25, -0.2) is 4.79 Å². The van der Waals surface area contributed by atoms with Gasteiger partial charge in [0.2, 0.25) is 0 Å². The molecule has 0 aromatic heterocycles. The monoisotopic (exact) mass is 696 g/mol. The molecule has 1 fully saturated rings. The summed E-state index contributed by atoms with van der Waals surface area (Å²) < 4.78 is 33.2. The first-order chi connectivity index (χ1) is 25.2. The van der Waals surface area contributed by atoms with E-state index in [0.29, 0.717) is 18.8 Å². The Morgan fingerprint density at radius 1 is 0.549 bits per heavy atom. The molecule has 1 heterocycles. The first-order valence-corrected chi connectivity index (χ1v) is 18.1. The van der Waals surface area contributed by atoms with Crippen LogP contribution in [0.5, 0.6) is 0 Å². The molecule has 0 saturated carbocycles. The lowest BCUT2D eigenvalue weighted by Gasteiger charge is -2.45. The fourth-order valence-electron chi connectivity index (χ4n) is 6.18. The fraction of sp³-hybridized carbons (Fsp3) is 0.205. The van der Waals surface area contributed by atoms with Gasteiger partial charge in [-0.05, 0) is 57.8 Å². The smallest absolute Gasteiger partial charge is 0.338 e.